The third-order valence-electron chi connectivity index (χ3n) is 3.61. The molecule has 3 nitrogen and oxygen atoms in total. The fraction of sp³-hybridized carbons (Fsp3) is 0.500. The fourth-order valence-electron chi connectivity index (χ4n) is 2.41. The minimum Gasteiger partial charge on any atom is -0.430 e. The molecule has 0 radical (unpaired) electrons. The molecule has 1 saturated heterocycles. The van der Waals surface area contributed by atoms with Crippen LogP contribution in [0.4, 0.5) is 9.18 Å². The summed E-state index contributed by atoms with van der Waals surface area (Å²) in [4.78, 5) is 12.6. The van der Waals surface area contributed by atoms with Crippen molar-refractivity contribution >= 4 is 33.0 Å². The van der Waals surface area contributed by atoms with Crippen LogP contribution in [0.3, 0.4) is 0 Å². The standard InChI is InChI=1S/C14H16BrClFNO2/c1-10(15)14(17)7-8-18(9-14)12(20-13(16)19)11-5-3-2-4-6-11/h2-6,10,12H,7-9H2,1H3. The fourth-order valence-corrected chi connectivity index (χ4v) is 2.87. The van der Waals surface area contributed by atoms with E-state index < -0.39 is 17.3 Å². The Morgan fingerprint density at radius 1 is 1.50 bits per heavy atom. The minimum atomic E-state index is -1.33. The van der Waals surface area contributed by atoms with Crippen molar-refractivity contribution in [1.82, 2.24) is 4.90 Å². The molecule has 1 aliphatic rings. The molecule has 110 valence electrons. The third kappa shape index (κ3) is 3.51. The van der Waals surface area contributed by atoms with Gasteiger partial charge in [-0.25, -0.2) is 9.18 Å². The van der Waals surface area contributed by atoms with E-state index in [-0.39, 0.29) is 11.4 Å². The van der Waals surface area contributed by atoms with E-state index in [9.17, 15) is 9.18 Å². The van der Waals surface area contributed by atoms with E-state index in [4.69, 9.17) is 16.3 Å². The maximum Gasteiger partial charge on any atom is 0.405 e. The van der Waals surface area contributed by atoms with Crippen LogP contribution in [-0.4, -0.2) is 33.9 Å². The Morgan fingerprint density at radius 2 is 2.15 bits per heavy atom. The summed E-state index contributed by atoms with van der Waals surface area (Å²) in [6, 6.07) is 9.22. The minimum absolute atomic E-state index is 0.198. The van der Waals surface area contributed by atoms with Crippen LogP contribution in [0.15, 0.2) is 30.3 Å². The van der Waals surface area contributed by atoms with Crippen molar-refractivity contribution < 1.29 is 13.9 Å². The first-order valence-electron chi connectivity index (χ1n) is 6.40. The summed E-state index contributed by atoms with van der Waals surface area (Å²) in [5.74, 6) is 0. The van der Waals surface area contributed by atoms with Gasteiger partial charge in [-0.15, -0.1) is 0 Å². The normalized spacial score (nSPS) is 26.2. The van der Waals surface area contributed by atoms with Crippen LogP contribution in [0.1, 0.15) is 25.1 Å². The van der Waals surface area contributed by atoms with E-state index in [2.05, 4.69) is 15.9 Å². The van der Waals surface area contributed by atoms with Crippen molar-refractivity contribution in [1.29, 1.82) is 0 Å². The van der Waals surface area contributed by atoms with Crippen molar-refractivity contribution in [3.63, 3.8) is 0 Å². The average molecular weight is 365 g/mol. The number of benzene rings is 1. The Bertz CT molecular complexity index is 474. The van der Waals surface area contributed by atoms with E-state index in [0.717, 1.165) is 5.56 Å². The molecule has 1 aromatic carbocycles. The molecule has 0 spiro atoms. The second-order valence-corrected chi connectivity index (χ2v) is 6.67. The highest BCUT2D eigenvalue weighted by Crippen LogP contribution is 2.37. The summed E-state index contributed by atoms with van der Waals surface area (Å²) in [5.41, 5.74) is -1.43. The maximum atomic E-state index is 14.6. The summed E-state index contributed by atoms with van der Waals surface area (Å²) < 4.78 is 19.8. The molecule has 0 aliphatic carbocycles. The van der Waals surface area contributed by atoms with Gasteiger partial charge in [-0.2, -0.15) is 0 Å². The van der Waals surface area contributed by atoms with E-state index in [0.29, 0.717) is 13.0 Å². The largest absolute Gasteiger partial charge is 0.430 e. The highest BCUT2D eigenvalue weighted by atomic mass is 79.9. The molecule has 1 aliphatic heterocycles. The summed E-state index contributed by atoms with van der Waals surface area (Å²) in [6.45, 7) is 2.49. The van der Waals surface area contributed by atoms with Gasteiger partial charge in [0.1, 0.15) is 5.67 Å². The predicted molar refractivity (Wildman–Crippen MR) is 79.9 cm³/mol. The Balaban J connectivity index is 2.19. The number of hydrogen-bond acceptors (Lipinski definition) is 3. The molecule has 2 rings (SSSR count). The van der Waals surface area contributed by atoms with E-state index >= 15 is 0 Å². The highest BCUT2D eigenvalue weighted by molar-refractivity contribution is 9.09. The second kappa shape index (κ2) is 6.41. The van der Waals surface area contributed by atoms with E-state index in [1.54, 1.807) is 11.8 Å². The van der Waals surface area contributed by atoms with Gasteiger partial charge in [0, 0.05) is 35.1 Å². The van der Waals surface area contributed by atoms with Gasteiger partial charge in [0.05, 0.1) is 0 Å². The molecule has 0 N–H and O–H groups in total. The molecule has 3 atom stereocenters. The van der Waals surface area contributed by atoms with Gasteiger partial charge in [0.2, 0.25) is 0 Å². The van der Waals surface area contributed by atoms with Gasteiger partial charge in [0.25, 0.3) is 0 Å². The summed E-state index contributed by atoms with van der Waals surface area (Å²) in [7, 11) is 0. The lowest BCUT2D eigenvalue weighted by molar-refractivity contribution is 0.00000108. The van der Waals surface area contributed by atoms with Crippen LogP contribution in [0.5, 0.6) is 0 Å². The lowest BCUT2D eigenvalue weighted by Crippen LogP contribution is -2.37. The van der Waals surface area contributed by atoms with Gasteiger partial charge in [-0.3, -0.25) is 4.90 Å². The second-order valence-electron chi connectivity index (χ2n) is 4.99. The van der Waals surface area contributed by atoms with Crippen molar-refractivity contribution in [2.75, 3.05) is 13.1 Å². The molecule has 0 saturated carbocycles. The van der Waals surface area contributed by atoms with Gasteiger partial charge in [0.15, 0.2) is 6.23 Å². The number of hydrogen-bond donors (Lipinski definition) is 0. The van der Waals surface area contributed by atoms with Crippen molar-refractivity contribution in [3.8, 4) is 0 Å². The summed E-state index contributed by atoms with van der Waals surface area (Å²) in [5, 5.41) is 0. The lowest BCUT2D eigenvalue weighted by atomic mass is 10.0. The molecule has 20 heavy (non-hydrogen) atoms. The Labute approximate surface area is 131 Å². The maximum absolute atomic E-state index is 14.6. The summed E-state index contributed by atoms with van der Waals surface area (Å²) >= 11 is 8.65. The zero-order valence-corrected chi connectivity index (χ0v) is 13.4. The van der Waals surface area contributed by atoms with Crippen LogP contribution in [-0.2, 0) is 4.74 Å². The van der Waals surface area contributed by atoms with Crippen molar-refractivity contribution in [3.05, 3.63) is 35.9 Å². The Hall–Kier alpha value is -0.650. The zero-order chi connectivity index (χ0) is 14.8. The number of carbonyl (C=O) groups is 1. The van der Waals surface area contributed by atoms with E-state index in [1.807, 2.05) is 30.3 Å². The summed E-state index contributed by atoms with van der Waals surface area (Å²) in [6.07, 6.45) is -0.257. The SMILES string of the molecule is CC(Br)C1(F)CCN(C(OC(=O)Cl)c2ccccc2)C1. The first kappa shape index (κ1) is 15.7. The molecule has 1 heterocycles. The number of ether oxygens (including phenoxy) is 1. The molecule has 0 bridgehead atoms. The first-order valence-corrected chi connectivity index (χ1v) is 7.70. The number of alkyl halides is 2. The van der Waals surface area contributed by atoms with Gasteiger partial charge in [-0.05, 0) is 13.3 Å². The monoisotopic (exact) mass is 363 g/mol. The third-order valence-corrected chi connectivity index (χ3v) is 4.52. The van der Waals surface area contributed by atoms with Crippen molar-refractivity contribution in [2.45, 2.75) is 30.1 Å². The van der Waals surface area contributed by atoms with Crippen LogP contribution < -0.4 is 0 Å². The number of rotatable bonds is 4. The molecule has 3 unspecified atom stereocenters. The molecule has 0 amide bonds. The Kier molecular flexibility index (Phi) is 5.04. The average Bonchev–Trinajstić information content (AvgIpc) is 2.81. The predicted octanol–water partition coefficient (Wildman–Crippen LogP) is 4.26. The van der Waals surface area contributed by atoms with Gasteiger partial charge in [-0.1, -0.05) is 46.3 Å². The lowest BCUT2D eigenvalue weighted by Gasteiger charge is -2.29. The molecule has 1 fully saturated rings. The molecule has 6 heteroatoms. The van der Waals surface area contributed by atoms with Crippen LogP contribution in [0, 0.1) is 0 Å². The molecule has 1 aromatic rings. The Morgan fingerprint density at radius 3 is 2.65 bits per heavy atom. The number of carbonyl (C=O) groups excluding carboxylic acids is 1. The van der Waals surface area contributed by atoms with E-state index in [1.165, 1.54) is 0 Å². The first-order chi connectivity index (χ1) is 9.42. The number of nitrogens with zero attached hydrogens (tertiary/aromatic N) is 1. The van der Waals surface area contributed by atoms with Crippen molar-refractivity contribution in [2.24, 2.45) is 0 Å². The zero-order valence-electron chi connectivity index (χ0n) is 11.1. The van der Waals surface area contributed by atoms with Gasteiger partial charge < -0.3 is 4.74 Å². The van der Waals surface area contributed by atoms with Crippen LogP contribution >= 0.6 is 27.5 Å². The molecule has 0 aromatic heterocycles. The molecular formula is C14H16BrClFNO2. The highest BCUT2D eigenvalue weighted by Gasteiger charge is 2.45. The topological polar surface area (TPSA) is 29.5 Å². The van der Waals surface area contributed by atoms with Crippen LogP contribution in [0.2, 0.25) is 0 Å². The number of likely N-dealkylation sites (tertiary alicyclic amines) is 1. The van der Waals surface area contributed by atoms with Crippen LogP contribution in [0.25, 0.3) is 0 Å². The number of halogens is 3. The smallest absolute Gasteiger partial charge is 0.405 e. The van der Waals surface area contributed by atoms with Gasteiger partial charge >= 0.3 is 5.43 Å². The molecular weight excluding hydrogens is 349 g/mol. The quantitative estimate of drug-likeness (QED) is 0.590.